The lowest BCUT2D eigenvalue weighted by atomic mass is 10.2. The van der Waals surface area contributed by atoms with Crippen LogP contribution in [-0.4, -0.2) is 17.3 Å². The summed E-state index contributed by atoms with van der Waals surface area (Å²) in [7, 11) is 0. The molecule has 1 N–H and O–H groups in total. The highest BCUT2D eigenvalue weighted by Gasteiger charge is 2.08. The predicted octanol–water partition coefficient (Wildman–Crippen LogP) is 2.87. The number of hydrogen-bond donors (Lipinski definition) is 1. The van der Waals surface area contributed by atoms with Gasteiger partial charge in [-0.25, -0.2) is 4.79 Å². The van der Waals surface area contributed by atoms with Gasteiger partial charge < -0.3 is 5.11 Å². The summed E-state index contributed by atoms with van der Waals surface area (Å²) in [5.41, 5.74) is 0.344. The lowest BCUT2D eigenvalue weighted by molar-refractivity contribution is 0.0693. The maximum absolute atomic E-state index is 10.7. The van der Waals surface area contributed by atoms with Crippen LogP contribution in [-0.2, 0) is 0 Å². The van der Waals surface area contributed by atoms with Crippen molar-refractivity contribution in [3.8, 4) is 0 Å². The molecule has 0 bridgehead atoms. The molecular formula is C8H7BrO2S. The number of benzene rings is 1. The van der Waals surface area contributed by atoms with Crippen molar-refractivity contribution in [1.82, 2.24) is 0 Å². The lowest BCUT2D eigenvalue weighted by Crippen LogP contribution is -1.98. The molecule has 4 heteroatoms. The summed E-state index contributed by atoms with van der Waals surface area (Å²) in [5, 5.41) is 8.79. The van der Waals surface area contributed by atoms with Gasteiger partial charge in [0.25, 0.3) is 0 Å². The van der Waals surface area contributed by atoms with Crippen molar-refractivity contribution in [1.29, 1.82) is 0 Å². The molecule has 0 saturated carbocycles. The van der Waals surface area contributed by atoms with E-state index in [1.54, 1.807) is 12.1 Å². The standard InChI is InChI=1S/C8H7BrO2S/c1-12-7-3-2-5(9)4-6(7)8(10)11/h2-4H,1H3,(H,10,11). The first-order chi connectivity index (χ1) is 5.65. The first-order valence-electron chi connectivity index (χ1n) is 3.22. The van der Waals surface area contributed by atoms with E-state index in [4.69, 9.17) is 5.11 Å². The topological polar surface area (TPSA) is 37.3 Å². The Hall–Kier alpha value is -0.480. The largest absolute Gasteiger partial charge is 0.478 e. The molecule has 12 heavy (non-hydrogen) atoms. The summed E-state index contributed by atoms with van der Waals surface area (Å²) in [6.07, 6.45) is 1.86. The second-order valence-electron chi connectivity index (χ2n) is 2.15. The fourth-order valence-electron chi connectivity index (χ4n) is 0.847. The smallest absolute Gasteiger partial charge is 0.336 e. The maximum Gasteiger partial charge on any atom is 0.336 e. The molecule has 0 saturated heterocycles. The Bertz CT molecular complexity index is 312. The van der Waals surface area contributed by atoms with Gasteiger partial charge in [-0.3, -0.25) is 0 Å². The summed E-state index contributed by atoms with van der Waals surface area (Å²) in [5.74, 6) is -0.888. The van der Waals surface area contributed by atoms with Crippen LogP contribution in [0.4, 0.5) is 0 Å². The molecule has 0 aliphatic carbocycles. The normalized spacial score (nSPS) is 9.83. The number of carbonyl (C=O) groups is 1. The Balaban J connectivity index is 3.21. The molecule has 0 amide bonds. The Morgan fingerprint density at radius 1 is 1.58 bits per heavy atom. The first-order valence-corrected chi connectivity index (χ1v) is 5.23. The zero-order valence-electron chi connectivity index (χ0n) is 6.37. The van der Waals surface area contributed by atoms with E-state index in [0.29, 0.717) is 5.56 Å². The molecule has 1 rings (SSSR count). The molecule has 0 fully saturated rings. The second kappa shape index (κ2) is 3.96. The van der Waals surface area contributed by atoms with Crippen LogP contribution in [0, 0.1) is 0 Å². The lowest BCUT2D eigenvalue weighted by Gasteiger charge is -2.02. The summed E-state index contributed by atoms with van der Waals surface area (Å²) < 4.78 is 0.790. The van der Waals surface area contributed by atoms with E-state index in [2.05, 4.69) is 15.9 Å². The number of hydrogen-bond acceptors (Lipinski definition) is 2. The van der Waals surface area contributed by atoms with E-state index in [-0.39, 0.29) is 0 Å². The van der Waals surface area contributed by atoms with Gasteiger partial charge >= 0.3 is 5.97 Å². The monoisotopic (exact) mass is 246 g/mol. The van der Waals surface area contributed by atoms with Crippen molar-refractivity contribution >= 4 is 33.7 Å². The van der Waals surface area contributed by atoms with Crippen LogP contribution < -0.4 is 0 Å². The summed E-state index contributed by atoms with van der Waals surface area (Å²) in [6.45, 7) is 0. The van der Waals surface area contributed by atoms with Crippen molar-refractivity contribution < 1.29 is 9.90 Å². The van der Waals surface area contributed by atoms with Crippen LogP contribution in [0.25, 0.3) is 0 Å². The molecule has 1 aromatic rings. The van der Waals surface area contributed by atoms with Gasteiger partial charge in [0.1, 0.15) is 0 Å². The van der Waals surface area contributed by atoms with Crippen LogP contribution in [0.5, 0.6) is 0 Å². The maximum atomic E-state index is 10.7. The van der Waals surface area contributed by atoms with Crippen LogP contribution in [0.2, 0.25) is 0 Å². The molecule has 0 unspecified atom stereocenters. The molecule has 0 heterocycles. The van der Waals surface area contributed by atoms with Crippen molar-refractivity contribution in [3.05, 3.63) is 28.2 Å². The first kappa shape index (κ1) is 9.61. The molecule has 0 radical (unpaired) electrons. The van der Waals surface area contributed by atoms with E-state index in [1.807, 2.05) is 12.3 Å². The molecule has 2 nitrogen and oxygen atoms in total. The minimum atomic E-state index is -0.888. The van der Waals surface area contributed by atoms with Crippen molar-refractivity contribution in [3.63, 3.8) is 0 Å². The number of aromatic carboxylic acids is 1. The molecular weight excluding hydrogens is 240 g/mol. The molecule has 0 atom stereocenters. The average molecular weight is 247 g/mol. The Labute approximate surface area is 83.1 Å². The SMILES string of the molecule is CSc1ccc(Br)cc1C(=O)O. The highest BCUT2D eigenvalue weighted by atomic mass is 79.9. The number of rotatable bonds is 2. The summed E-state index contributed by atoms with van der Waals surface area (Å²) >= 11 is 4.65. The average Bonchev–Trinajstić information content (AvgIpc) is 2.04. The van der Waals surface area contributed by atoms with Gasteiger partial charge in [0, 0.05) is 9.37 Å². The Morgan fingerprint density at radius 3 is 2.75 bits per heavy atom. The molecule has 0 aliphatic heterocycles. The van der Waals surface area contributed by atoms with E-state index in [9.17, 15) is 4.79 Å². The van der Waals surface area contributed by atoms with Gasteiger partial charge in [0.2, 0.25) is 0 Å². The molecule has 0 spiro atoms. The van der Waals surface area contributed by atoms with Gasteiger partial charge in [0.15, 0.2) is 0 Å². The van der Waals surface area contributed by atoms with E-state index in [0.717, 1.165) is 9.37 Å². The number of carboxylic acids is 1. The van der Waals surface area contributed by atoms with E-state index >= 15 is 0 Å². The van der Waals surface area contributed by atoms with Crippen LogP contribution in [0.3, 0.4) is 0 Å². The highest BCUT2D eigenvalue weighted by molar-refractivity contribution is 9.10. The third kappa shape index (κ3) is 2.01. The highest BCUT2D eigenvalue weighted by Crippen LogP contribution is 2.23. The molecule has 0 aliphatic rings. The van der Waals surface area contributed by atoms with Crippen molar-refractivity contribution in [2.45, 2.75) is 4.90 Å². The predicted molar refractivity (Wildman–Crippen MR) is 52.9 cm³/mol. The number of halogens is 1. The third-order valence-electron chi connectivity index (χ3n) is 1.39. The van der Waals surface area contributed by atoms with Crippen LogP contribution >= 0.6 is 27.7 Å². The van der Waals surface area contributed by atoms with Gasteiger partial charge in [-0.15, -0.1) is 11.8 Å². The van der Waals surface area contributed by atoms with E-state index in [1.165, 1.54) is 11.8 Å². The second-order valence-corrected chi connectivity index (χ2v) is 3.91. The third-order valence-corrected chi connectivity index (χ3v) is 2.68. The zero-order valence-corrected chi connectivity index (χ0v) is 8.78. The fourth-order valence-corrected chi connectivity index (χ4v) is 1.78. The molecule has 1 aromatic carbocycles. The number of thioether (sulfide) groups is 1. The minimum Gasteiger partial charge on any atom is -0.478 e. The molecule has 0 aromatic heterocycles. The number of carboxylic acid groups (broad SMARTS) is 1. The van der Waals surface area contributed by atoms with Crippen molar-refractivity contribution in [2.75, 3.05) is 6.26 Å². The zero-order chi connectivity index (χ0) is 9.14. The minimum absolute atomic E-state index is 0.344. The fraction of sp³-hybridized carbons (Fsp3) is 0.125. The van der Waals surface area contributed by atoms with Crippen molar-refractivity contribution in [2.24, 2.45) is 0 Å². The van der Waals surface area contributed by atoms with E-state index < -0.39 is 5.97 Å². The summed E-state index contributed by atoms with van der Waals surface area (Å²) in [6, 6.07) is 5.23. The van der Waals surface area contributed by atoms with Crippen LogP contribution in [0.1, 0.15) is 10.4 Å². The Kier molecular flexibility index (Phi) is 3.17. The van der Waals surface area contributed by atoms with Gasteiger partial charge in [-0.05, 0) is 24.5 Å². The van der Waals surface area contributed by atoms with Gasteiger partial charge in [-0.1, -0.05) is 15.9 Å². The Morgan fingerprint density at radius 2 is 2.25 bits per heavy atom. The van der Waals surface area contributed by atoms with Gasteiger partial charge in [-0.2, -0.15) is 0 Å². The van der Waals surface area contributed by atoms with Gasteiger partial charge in [0.05, 0.1) is 5.56 Å². The quantitative estimate of drug-likeness (QED) is 0.816. The van der Waals surface area contributed by atoms with Crippen LogP contribution in [0.15, 0.2) is 27.6 Å². The summed E-state index contributed by atoms with van der Waals surface area (Å²) in [4.78, 5) is 11.5. The molecule has 64 valence electrons.